The van der Waals surface area contributed by atoms with E-state index in [1.807, 2.05) is 0 Å². The van der Waals surface area contributed by atoms with Crippen LogP contribution in [-0.2, 0) is 0 Å². The van der Waals surface area contributed by atoms with Gasteiger partial charge in [0, 0.05) is 19.6 Å². The smallest absolute Gasteiger partial charge is 0.322 e. The second kappa shape index (κ2) is 8.20. The van der Waals surface area contributed by atoms with E-state index in [1.54, 1.807) is 21.1 Å². The van der Waals surface area contributed by atoms with Crippen LogP contribution in [0.2, 0.25) is 0 Å². The van der Waals surface area contributed by atoms with Crippen LogP contribution >= 0.6 is 27.3 Å². The number of hydrogen-bond acceptors (Lipinski definition) is 3. The van der Waals surface area contributed by atoms with E-state index in [9.17, 15) is 9.59 Å². The van der Waals surface area contributed by atoms with Gasteiger partial charge in [0.15, 0.2) is 0 Å². The number of thiophene rings is 1. The summed E-state index contributed by atoms with van der Waals surface area (Å²) in [6, 6.07) is 1.27. The first-order valence-electron chi connectivity index (χ1n) is 8.40. The molecular formula is C16H21BrN4O2S. The molecule has 24 heavy (non-hydrogen) atoms. The van der Waals surface area contributed by atoms with Crippen molar-refractivity contribution in [3.05, 3.63) is 20.8 Å². The number of likely N-dealkylation sites (tertiary alicyclic amines) is 2. The van der Waals surface area contributed by atoms with Crippen LogP contribution in [-0.4, -0.2) is 41.5 Å². The van der Waals surface area contributed by atoms with Gasteiger partial charge in [0.1, 0.15) is 0 Å². The molecule has 1 aromatic heterocycles. The number of piperidine rings is 2. The Morgan fingerprint density at radius 3 is 2.46 bits per heavy atom. The largest absolute Gasteiger partial charge is 0.362 e. The van der Waals surface area contributed by atoms with Crippen LogP contribution in [0.25, 0.3) is 0 Å². The number of rotatable bonds is 1. The lowest BCUT2D eigenvalue weighted by Crippen LogP contribution is -2.37. The Bertz CT molecular complexity index is 627. The number of hydrogen-bond donors (Lipinski definition) is 0. The molecular weight excluding hydrogens is 392 g/mol. The van der Waals surface area contributed by atoms with E-state index >= 15 is 0 Å². The Hall–Kier alpha value is -1.28. The van der Waals surface area contributed by atoms with E-state index in [-0.39, 0.29) is 6.04 Å². The molecule has 0 spiro atoms. The summed E-state index contributed by atoms with van der Waals surface area (Å²) < 4.78 is 1.05. The highest BCUT2D eigenvalue weighted by molar-refractivity contribution is 9.11. The van der Waals surface area contributed by atoms with E-state index < -0.39 is 12.1 Å². The molecule has 3 rings (SSSR count). The van der Waals surface area contributed by atoms with Gasteiger partial charge < -0.3 is 9.80 Å². The lowest BCUT2D eigenvalue weighted by Gasteiger charge is -2.33. The Morgan fingerprint density at radius 1 is 1.04 bits per heavy atom. The van der Waals surface area contributed by atoms with E-state index in [4.69, 9.17) is 0 Å². The average Bonchev–Trinajstić information content (AvgIpc) is 3.06. The van der Waals surface area contributed by atoms with Crippen molar-refractivity contribution in [2.24, 2.45) is 10.2 Å². The van der Waals surface area contributed by atoms with Crippen molar-refractivity contribution < 1.29 is 9.59 Å². The SMILES string of the molecule is O=C(N=NC(=O)N1CCCCC1c1csc(Br)c1)N1CCCCC1. The third kappa shape index (κ3) is 4.22. The van der Waals surface area contributed by atoms with Gasteiger partial charge in [-0.05, 0) is 71.5 Å². The fraction of sp³-hybridized carbons (Fsp3) is 0.625. The quantitative estimate of drug-likeness (QED) is 0.593. The van der Waals surface area contributed by atoms with Gasteiger partial charge in [-0.25, -0.2) is 9.59 Å². The Balaban J connectivity index is 1.65. The first-order chi connectivity index (χ1) is 11.6. The minimum absolute atomic E-state index is 0.0258. The maximum absolute atomic E-state index is 12.5. The van der Waals surface area contributed by atoms with Gasteiger partial charge in [0.05, 0.1) is 9.83 Å². The van der Waals surface area contributed by atoms with Crippen molar-refractivity contribution in [1.29, 1.82) is 0 Å². The summed E-state index contributed by atoms with van der Waals surface area (Å²) in [5.74, 6) is 0. The predicted octanol–water partition coefficient (Wildman–Crippen LogP) is 5.22. The molecule has 2 saturated heterocycles. The van der Waals surface area contributed by atoms with Gasteiger partial charge in [-0.1, -0.05) is 10.2 Å². The first-order valence-corrected chi connectivity index (χ1v) is 10.1. The van der Waals surface area contributed by atoms with E-state index in [1.165, 1.54) is 0 Å². The third-order valence-corrected chi connectivity index (χ3v) is 6.09. The Kier molecular flexibility index (Phi) is 5.99. The van der Waals surface area contributed by atoms with Crippen molar-refractivity contribution in [2.75, 3.05) is 19.6 Å². The van der Waals surface area contributed by atoms with Crippen molar-refractivity contribution in [3.63, 3.8) is 0 Å². The fourth-order valence-corrected chi connectivity index (χ4v) is 4.52. The molecule has 0 aromatic carbocycles. The second-order valence-corrected chi connectivity index (χ2v) is 8.49. The maximum atomic E-state index is 12.5. The molecule has 4 amide bonds. The lowest BCUT2D eigenvalue weighted by atomic mass is 9.98. The average molecular weight is 413 g/mol. The van der Waals surface area contributed by atoms with Gasteiger partial charge >= 0.3 is 12.1 Å². The molecule has 0 radical (unpaired) electrons. The molecule has 1 unspecified atom stereocenters. The second-order valence-electron chi connectivity index (χ2n) is 6.20. The molecule has 3 heterocycles. The molecule has 8 heteroatoms. The topological polar surface area (TPSA) is 65.3 Å². The molecule has 130 valence electrons. The summed E-state index contributed by atoms with van der Waals surface area (Å²) in [6.45, 7) is 2.08. The number of amides is 4. The highest BCUT2D eigenvalue weighted by Crippen LogP contribution is 2.35. The van der Waals surface area contributed by atoms with Crippen molar-refractivity contribution >= 4 is 39.3 Å². The Morgan fingerprint density at radius 2 is 1.75 bits per heavy atom. The zero-order valence-electron chi connectivity index (χ0n) is 13.5. The molecule has 0 aliphatic carbocycles. The summed E-state index contributed by atoms with van der Waals surface area (Å²) in [5.41, 5.74) is 1.12. The minimum atomic E-state index is -0.410. The van der Waals surface area contributed by atoms with Crippen LogP contribution in [0.5, 0.6) is 0 Å². The zero-order valence-corrected chi connectivity index (χ0v) is 15.9. The number of urea groups is 2. The van der Waals surface area contributed by atoms with Crippen LogP contribution < -0.4 is 0 Å². The van der Waals surface area contributed by atoms with Gasteiger partial charge in [0.25, 0.3) is 0 Å². The fourth-order valence-electron chi connectivity index (χ4n) is 3.30. The van der Waals surface area contributed by atoms with Gasteiger partial charge in [-0.3, -0.25) is 0 Å². The van der Waals surface area contributed by atoms with Crippen LogP contribution in [0.4, 0.5) is 9.59 Å². The zero-order chi connectivity index (χ0) is 16.9. The summed E-state index contributed by atoms with van der Waals surface area (Å²) in [6.07, 6.45) is 6.11. The highest BCUT2D eigenvalue weighted by atomic mass is 79.9. The number of carbonyl (C=O) groups excluding carboxylic acids is 2. The summed E-state index contributed by atoms with van der Waals surface area (Å²) in [5, 5.41) is 9.45. The van der Waals surface area contributed by atoms with Crippen LogP contribution in [0.15, 0.2) is 25.5 Å². The molecule has 2 aliphatic heterocycles. The third-order valence-electron chi connectivity index (χ3n) is 4.57. The normalized spacial score (nSPS) is 22.1. The molecule has 0 bridgehead atoms. The standard InChI is InChI=1S/C16H21BrN4O2S/c17-14-10-12(11-24-14)13-6-2-5-9-21(13)16(23)19-18-15(22)20-7-3-1-4-8-20/h10-11,13H,1-9H2. The summed E-state index contributed by atoms with van der Waals surface area (Å²) in [4.78, 5) is 27.9. The van der Waals surface area contributed by atoms with Crippen LogP contribution in [0.1, 0.15) is 50.1 Å². The molecule has 0 saturated carbocycles. The van der Waals surface area contributed by atoms with Gasteiger partial charge in [0.2, 0.25) is 0 Å². The minimum Gasteiger partial charge on any atom is -0.322 e. The summed E-state index contributed by atoms with van der Waals surface area (Å²) >= 11 is 5.09. The van der Waals surface area contributed by atoms with Gasteiger partial charge in [-0.15, -0.1) is 11.3 Å². The number of halogens is 1. The van der Waals surface area contributed by atoms with Crippen molar-refractivity contribution in [1.82, 2.24) is 9.80 Å². The van der Waals surface area contributed by atoms with E-state index in [2.05, 4.69) is 37.6 Å². The predicted molar refractivity (Wildman–Crippen MR) is 96.4 cm³/mol. The number of azo groups is 1. The van der Waals surface area contributed by atoms with Crippen molar-refractivity contribution in [2.45, 2.75) is 44.6 Å². The van der Waals surface area contributed by atoms with Gasteiger partial charge in [-0.2, -0.15) is 0 Å². The molecule has 2 aliphatic rings. The molecule has 1 aromatic rings. The van der Waals surface area contributed by atoms with Crippen LogP contribution in [0.3, 0.4) is 0 Å². The molecule has 0 N–H and O–H groups in total. The van der Waals surface area contributed by atoms with Crippen LogP contribution in [0, 0.1) is 0 Å². The number of carbonyl (C=O) groups is 2. The number of nitrogens with zero attached hydrogens (tertiary/aromatic N) is 4. The highest BCUT2D eigenvalue weighted by Gasteiger charge is 2.29. The van der Waals surface area contributed by atoms with E-state index in [0.717, 1.165) is 47.9 Å². The van der Waals surface area contributed by atoms with Crippen molar-refractivity contribution in [3.8, 4) is 0 Å². The monoisotopic (exact) mass is 412 g/mol. The first kappa shape index (κ1) is 17.5. The van der Waals surface area contributed by atoms with E-state index in [0.29, 0.717) is 19.6 Å². The summed E-state index contributed by atoms with van der Waals surface area (Å²) in [7, 11) is 0. The Labute approximate surface area is 154 Å². The lowest BCUT2D eigenvalue weighted by molar-refractivity contribution is 0.157. The maximum Gasteiger partial charge on any atom is 0.362 e. The molecule has 2 fully saturated rings. The molecule has 6 nitrogen and oxygen atoms in total. The molecule has 1 atom stereocenters.